The molecule has 4 nitrogen and oxygen atoms in total. The van der Waals surface area contributed by atoms with Crippen molar-refractivity contribution in [2.75, 3.05) is 32.0 Å². The van der Waals surface area contributed by atoms with Crippen molar-refractivity contribution >= 4 is 27.5 Å². The maximum absolute atomic E-state index is 11.8. The largest absolute Gasteiger partial charge is 0.324 e. The zero-order chi connectivity index (χ0) is 13.7. The third-order valence-corrected chi connectivity index (χ3v) is 4.18. The SMILES string of the molecule is CN1CCCC1CNCC(=O)Nc1ccccc1Br. The molecule has 1 saturated heterocycles. The number of likely N-dealkylation sites (N-methyl/N-ethyl adjacent to an activating group) is 1. The Morgan fingerprint density at radius 1 is 1.47 bits per heavy atom. The smallest absolute Gasteiger partial charge is 0.238 e. The fourth-order valence-corrected chi connectivity index (χ4v) is 2.73. The topological polar surface area (TPSA) is 44.4 Å². The summed E-state index contributed by atoms with van der Waals surface area (Å²) in [6.45, 7) is 2.39. The van der Waals surface area contributed by atoms with Gasteiger partial charge in [0, 0.05) is 17.1 Å². The lowest BCUT2D eigenvalue weighted by molar-refractivity contribution is -0.115. The number of carbonyl (C=O) groups is 1. The first-order valence-electron chi connectivity index (χ1n) is 6.62. The normalized spacial score (nSPS) is 19.6. The Morgan fingerprint density at radius 3 is 2.95 bits per heavy atom. The average molecular weight is 326 g/mol. The van der Waals surface area contributed by atoms with Gasteiger partial charge in [-0.2, -0.15) is 0 Å². The van der Waals surface area contributed by atoms with E-state index < -0.39 is 0 Å². The van der Waals surface area contributed by atoms with Gasteiger partial charge in [-0.1, -0.05) is 12.1 Å². The van der Waals surface area contributed by atoms with Gasteiger partial charge < -0.3 is 15.5 Å². The molecule has 1 aromatic rings. The molecule has 0 aliphatic carbocycles. The van der Waals surface area contributed by atoms with Gasteiger partial charge in [0.05, 0.1) is 12.2 Å². The Balaban J connectivity index is 1.72. The van der Waals surface area contributed by atoms with Crippen molar-refractivity contribution in [2.45, 2.75) is 18.9 Å². The number of hydrogen-bond donors (Lipinski definition) is 2. The molecule has 5 heteroatoms. The van der Waals surface area contributed by atoms with Crippen LogP contribution in [0.3, 0.4) is 0 Å². The highest BCUT2D eigenvalue weighted by Gasteiger charge is 2.20. The Morgan fingerprint density at radius 2 is 2.26 bits per heavy atom. The van der Waals surface area contributed by atoms with Crippen molar-refractivity contribution in [3.63, 3.8) is 0 Å². The number of halogens is 1. The number of rotatable bonds is 5. The van der Waals surface area contributed by atoms with Crippen LogP contribution >= 0.6 is 15.9 Å². The summed E-state index contributed by atoms with van der Waals surface area (Å²) in [5.74, 6) is -0.00690. The van der Waals surface area contributed by atoms with E-state index in [0.29, 0.717) is 12.6 Å². The summed E-state index contributed by atoms with van der Waals surface area (Å²) in [5, 5.41) is 6.11. The number of hydrogen-bond acceptors (Lipinski definition) is 3. The van der Waals surface area contributed by atoms with Crippen molar-refractivity contribution in [3.05, 3.63) is 28.7 Å². The number of carbonyl (C=O) groups excluding carboxylic acids is 1. The predicted molar refractivity (Wildman–Crippen MR) is 81.3 cm³/mol. The van der Waals surface area contributed by atoms with Crippen LogP contribution in [0.4, 0.5) is 5.69 Å². The number of likely N-dealkylation sites (tertiary alicyclic amines) is 1. The first-order chi connectivity index (χ1) is 9.16. The molecular formula is C14H20BrN3O. The van der Waals surface area contributed by atoms with Gasteiger partial charge >= 0.3 is 0 Å². The first-order valence-corrected chi connectivity index (χ1v) is 7.41. The van der Waals surface area contributed by atoms with Gasteiger partial charge in [0.1, 0.15) is 0 Å². The molecule has 1 fully saturated rings. The molecule has 2 N–H and O–H groups in total. The molecule has 1 unspecified atom stereocenters. The van der Waals surface area contributed by atoms with Crippen LogP contribution in [0.5, 0.6) is 0 Å². The van der Waals surface area contributed by atoms with Gasteiger partial charge in [0.15, 0.2) is 0 Å². The van der Waals surface area contributed by atoms with Crippen LogP contribution in [0.2, 0.25) is 0 Å². The van der Waals surface area contributed by atoms with Crippen molar-refractivity contribution in [1.29, 1.82) is 0 Å². The summed E-state index contributed by atoms with van der Waals surface area (Å²) < 4.78 is 0.902. The van der Waals surface area contributed by atoms with Crippen LogP contribution in [-0.2, 0) is 4.79 Å². The van der Waals surface area contributed by atoms with E-state index in [2.05, 4.69) is 38.5 Å². The van der Waals surface area contributed by atoms with Gasteiger partial charge in [-0.05, 0) is 54.5 Å². The Labute approximate surface area is 122 Å². The zero-order valence-electron chi connectivity index (χ0n) is 11.2. The number of benzene rings is 1. The van der Waals surface area contributed by atoms with E-state index in [0.717, 1.165) is 23.2 Å². The highest BCUT2D eigenvalue weighted by Crippen LogP contribution is 2.20. The summed E-state index contributed by atoms with van der Waals surface area (Å²) in [6, 6.07) is 8.19. The molecule has 1 heterocycles. The third kappa shape index (κ3) is 4.30. The minimum atomic E-state index is -0.00690. The van der Waals surface area contributed by atoms with E-state index in [1.807, 2.05) is 24.3 Å². The van der Waals surface area contributed by atoms with Gasteiger partial charge in [-0.15, -0.1) is 0 Å². The summed E-state index contributed by atoms with van der Waals surface area (Å²) in [6.07, 6.45) is 2.47. The highest BCUT2D eigenvalue weighted by molar-refractivity contribution is 9.10. The number of nitrogens with one attached hydrogen (secondary N) is 2. The van der Waals surface area contributed by atoms with Gasteiger partial charge in [0.25, 0.3) is 0 Å². The van der Waals surface area contributed by atoms with E-state index in [-0.39, 0.29) is 5.91 Å². The molecule has 1 amide bonds. The molecule has 0 bridgehead atoms. The summed E-state index contributed by atoms with van der Waals surface area (Å²) in [5.41, 5.74) is 0.812. The second-order valence-electron chi connectivity index (χ2n) is 4.94. The molecule has 0 spiro atoms. The lowest BCUT2D eigenvalue weighted by atomic mass is 10.2. The molecule has 0 saturated carbocycles. The van der Waals surface area contributed by atoms with Gasteiger partial charge in [-0.3, -0.25) is 4.79 Å². The highest BCUT2D eigenvalue weighted by atomic mass is 79.9. The van der Waals surface area contributed by atoms with E-state index >= 15 is 0 Å². The fraction of sp³-hybridized carbons (Fsp3) is 0.500. The van der Waals surface area contributed by atoms with Crippen LogP contribution in [0.15, 0.2) is 28.7 Å². The van der Waals surface area contributed by atoms with Crippen LogP contribution in [-0.4, -0.2) is 43.5 Å². The molecule has 19 heavy (non-hydrogen) atoms. The van der Waals surface area contributed by atoms with Gasteiger partial charge in [-0.25, -0.2) is 0 Å². The van der Waals surface area contributed by atoms with Crippen LogP contribution in [0.25, 0.3) is 0 Å². The molecular weight excluding hydrogens is 306 g/mol. The van der Waals surface area contributed by atoms with Crippen LogP contribution in [0, 0.1) is 0 Å². The second kappa shape index (κ2) is 7.03. The molecule has 1 aliphatic heterocycles. The summed E-state index contributed by atoms with van der Waals surface area (Å²) in [4.78, 5) is 14.2. The summed E-state index contributed by atoms with van der Waals surface area (Å²) >= 11 is 3.41. The number of amides is 1. The van der Waals surface area contributed by atoms with Crippen molar-refractivity contribution in [2.24, 2.45) is 0 Å². The zero-order valence-corrected chi connectivity index (χ0v) is 12.7. The quantitative estimate of drug-likeness (QED) is 0.871. The average Bonchev–Trinajstić information content (AvgIpc) is 2.78. The minimum absolute atomic E-state index is 0.00690. The Kier molecular flexibility index (Phi) is 5.36. The van der Waals surface area contributed by atoms with Crippen molar-refractivity contribution in [1.82, 2.24) is 10.2 Å². The van der Waals surface area contributed by atoms with E-state index in [1.165, 1.54) is 12.8 Å². The van der Waals surface area contributed by atoms with Crippen molar-refractivity contribution < 1.29 is 4.79 Å². The Hall–Kier alpha value is -0.910. The molecule has 104 valence electrons. The number of nitrogens with zero attached hydrogens (tertiary/aromatic N) is 1. The van der Waals surface area contributed by atoms with E-state index in [1.54, 1.807) is 0 Å². The maximum atomic E-state index is 11.8. The first kappa shape index (κ1) is 14.5. The molecule has 1 aromatic carbocycles. The van der Waals surface area contributed by atoms with Gasteiger partial charge in [0.2, 0.25) is 5.91 Å². The van der Waals surface area contributed by atoms with Crippen LogP contribution < -0.4 is 10.6 Å². The lowest BCUT2D eigenvalue weighted by Gasteiger charge is -2.19. The maximum Gasteiger partial charge on any atom is 0.238 e. The predicted octanol–water partition coefficient (Wildman–Crippen LogP) is 2.07. The monoisotopic (exact) mass is 325 g/mol. The number of anilines is 1. The number of para-hydroxylation sites is 1. The van der Waals surface area contributed by atoms with E-state index in [4.69, 9.17) is 0 Å². The standard InChI is InChI=1S/C14H20BrN3O/c1-18-8-4-5-11(18)9-16-10-14(19)17-13-7-3-2-6-12(13)15/h2-3,6-7,11,16H,4-5,8-10H2,1H3,(H,17,19). The molecule has 0 aromatic heterocycles. The molecule has 2 rings (SSSR count). The van der Waals surface area contributed by atoms with Crippen molar-refractivity contribution in [3.8, 4) is 0 Å². The fourth-order valence-electron chi connectivity index (χ4n) is 2.35. The lowest BCUT2D eigenvalue weighted by Crippen LogP contribution is -2.38. The second-order valence-corrected chi connectivity index (χ2v) is 5.79. The van der Waals surface area contributed by atoms with E-state index in [9.17, 15) is 4.79 Å². The molecule has 1 aliphatic rings. The summed E-state index contributed by atoms with van der Waals surface area (Å²) in [7, 11) is 2.14. The third-order valence-electron chi connectivity index (χ3n) is 3.48. The molecule has 1 atom stereocenters. The van der Waals surface area contributed by atoms with Crippen LogP contribution in [0.1, 0.15) is 12.8 Å². The molecule has 0 radical (unpaired) electrons. The Bertz CT molecular complexity index is 438. The minimum Gasteiger partial charge on any atom is -0.324 e.